The number of benzene rings is 3. The van der Waals surface area contributed by atoms with Gasteiger partial charge in [-0.2, -0.15) is 0 Å². The second-order valence-electron chi connectivity index (χ2n) is 7.39. The Morgan fingerprint density at radius 3 is 2.34 bits per heavy atom. The zero-order valence-corrected chi connectivity index (χ0v) is 16.9. The summed E-state index contributed by atoms with van der Waals surface area (Å²) in [5.41, 5.74) is 3.17. The molecule has 0 spiro atoms. The summed E-state index contributed by atoms with van der Waals surface area (Å²) >= 11 is 0. The summed E-state index contributed by atoms with van der Waals surface area (Å²) in [6.07, 6.45) is 0.795. The number of amides is 1. The molecule has 0 bridgehead atoms. The third-order valence-corrected chi connectivity index (χ3v) is 5.51. The summed E-state index contributed by atoms with van der Waals surface area (Å²) in [7, 11) is 0. The van der Waals surface area contributed by atoms with Crippen LogP contribution in [-0.4, -0.2) is 24.0 Å². The average molecular weight is 386 g/mol. The van der Waals surface area contributed by atoms with Gasteiger partial charge in [0.1, 0.15) is 11.4 Å². The molecular formula is C25H26N2O2. The minimum Gasteiger partial charge on any atom is -0.494 e. The molecule has 3 aromatic rings. The molecule has 0 aliphatic carbocycles. The molecule has 0 radical (unpaired) electrons. The van der Waals surface area contributed by atoms with E-state index in [0.29, 0.717) is 18.7 Å². The van der Waals surface area contributed by atoms with Crippen molar-refractivity contribution in [1.29, 1.82) is 0 Å². The fourth-order valence-corrected chi connectivity index (χ4v) is 3.94. The van der Waals surface area contributed by atoms with Gasteiger partial charge in [0.2, 0.25) is 0 Å². The molecule has 29 heavy (non-hydrogen) atoms. The normalized spacial score (nSPS) is 18.1. The van der Waals surface area contributed by atoms with E-state index in [9.17, 15) is 4.79 Å². The Morgan fingerprint density at radius 2 is 1.62 bits per heavy atom. The zero-order chi connectivity index (χ0) is 20.3. The van der Waals surface area contributed by atoms with E-state index in [-0.39, 0.29) is 5.91 Å². The Morgan fingerprint density at radius 1 is 0.931 bits per heavy atom. The molecule has 148 valence electrons. The summed E-state index contributed by atoms with van der Waals surface area (Å²) in [5, 5.41) is 3.62. The van der Waals surface area contributed by atoms with Crippen molar-refractivity contribution in [2.24, 2.45) is 0 Å². The van der Waals surface area contributed by atoms with Crippen molar-refractivity contribution in [3.05, 3.63) is 95.6 Å². The Bertz CT molecular complexity index is 985. The van der Waals surface area contributed by atoms with Crippen LogP contribution in [0, 0.1) is 0 Å². The van der Waals surface area contributed by atoms with E-state index in [0.717, 1.165) is 23.4 Å². The van der Waals surface area contributed by atoms with E-state index < -0.39 is 5.66 Å². The molecule has 0 saturated heterocycles. The number of para-hydroxylation sites is 1. The van der Waals surface area contributed by atoms with Gasteiger partial charge in [0, 0.05) is 12.2 Å². The second-order valence-corrected chi connectivity index (χ2v) is 7.39. The molecule has 1 N–H and O–H groups in total. The second kappa shape index (κ2) is 8.00. The third-order valence-electron chi connectivity index (χ3n) is 5.51. The molecule has 1 heterocycles. The molecule has 1 atom stereocenters. The Labute approximate surface area is 172 Å². The first-order valence-electron chi connectivity index (χ1n) is 10.1. The molecule has 0 aromatic heterocycles. The summed E-state index contributed by atoms with van der Waals surface area (Å²) in [6.45, 7) is 5.29. The lowest BCUT2D eigenvalue weighted by Crippen LogP contribution is -2.56. The predicted molar refractivity (Wildman–Crippen MR) is 116 cm³/mol. The number of nitrogens with one attached hydrogen (secondary N) is 1. The van der Waals surface area contributed by atoms with E-state index in [2.05, 4.69) is 24.4 Å². The highest BCUT2D eigenvalue weighted by molar-refractivity contribution is 6.02. The van der Waals surface area contributed by atoms with Gasteiger partial charge in [0.25, 0.3) is 5.91 Å². The van der Waals surface area contributed by atoms with E-state index in [1.807, 2.05) is 78.6 Å². The van der Waals surface area contributed by atoms with Crippen LogP contribution < -0.4 is 10.1 Å². The van der Waals surface area contributed by atoms with Gasteiger partial charge in [-0.05, 0) is 55.7 Å². The number of hydrogen-bond donors (Lipinski definition) is 1. The van der Waals surface area contributed by atoms with Gasteiger partial charge in [-0.1, -0.05) is 54.6 Å². The standard InChI is InChI=1S/C25H26N2O2/c1-3-29-21-15-13-20(14-16-21)25(2)26-23-12-8-7-11-22(23)24(28)27(25)18-17-19-9-5-4-6-10-19/h4-16,26H,3,17-18H2,1-2H3. The summed E-state index contributed by atoms with van der Waals surface area (Å²) in [6, 6.07) is 26.0. The maximum absolute atomic E-state index is 13.5. The number of carbonyl (C=O) groups excluding carboxylic acids is 1. The molecule has 4 nitrogen and oxygen atoms in total. The van der Waals surface area contributed by atoms with Crippen molar-refractivity contribution in [2.75, 3.05) is 18.5 Å². The smallest absolute Gasteiger partial charge is 0.258 e. The van der Waals surface area contributed by atoms with Gasteiger partial charge in [-0.15, -0.1) is 0 Å². The van der Waals surface area contributed by atoms with Gasteiger partial charge in [-0.3, -0.25) is 4.79 Å². The van der Waals surface area contributed by atoms with E-state index >= 15 is 0 Å². The molecule has 0 saturated carbocycles. The highest BCUT2D eigenvalue weighted by Crippen LogP contribution is 2.38. The highest BCUT2D eigenvalue weighted by atomic mass is 16.5. The lowest BCUT2D eigenvalue weighted by molar-refractivity contribution is 0.0539. The number of fused-ring (bicyclic) bond motifs is 1. The van der Waals surface area contributed by atoms with Crippen molar-refractivity contribution < 1.29 is 9.53 Å². The van der Waals surface area contributed by atoms with Gasteiger partial charge >= 0.3 is 0 Å². The molecule has 4 heteroatoms. The number of anilines is 1. The molecule has 0 fully saturated rings. The predicted octanol–water partition coefficient (Wildman–Crippen LogP) is 5.07. The number of rotatable bonds is 6. The maximum atomic E-state index is 13.5. The molecule has 3 aromatic carbocycles. The van der Waals surface area contributed by atoms with Crippen LogP contribution in [0.25, 0.3) is 0 Å². The SMILES string of the molecule is CCOc1ccc(C2(C)Nc3ccccc3C(=O)N2CCc2ccccc2)cc1. The summed E-state index contributed by atoms with van der Waals surface area (Å²) in [5.74, 6) is 0.880. The van der Waals surface area contributed by atoms with Crippen LogP contribution in [0.2, 0.25) is 0 Å². The lowest BCUT2D eigenvalue weighted by atomic mass is 9.93. The van der Waals surface area contributed by atoms with Gasteiger partial charge in [0.05, 0.1) is 12.2 Å². The molecule has 4 rings (SSSR count). The average Bonchev–Trinajstić information content (AvgIpc) is 2.75. The minimum absolute atomic E-state index is 0.0478. The Balaban J connectivity index is 1.70. The van der Waals surface area contributed by atoms with E-state index in [1.54, 1.807) is 0 Å². The fraction of sp³-hybridized carbons (Fsp3) is 0.240. The quantitative estimate of drug-likeness (QED) is 0.643. The van der Waals surface area contributed by atoms with Gasteiger partial charge < -0.3 is 15.0 Å². The van der Waals surface area contributed by atoms with E-state index in [1.165, 1.54) is 5.56 Å². The zero-order valence-electron chi connectivity index (χ0n) is 16.9. The highest BCUT2D eigenvalue weighted by Gasteiger charge is 2.42. The molecular weight excluding hydrogens is 360 g/mol. The van der Waals surface area contributed by atoms with E-state index in [4.69, 9.17) is 4.74 Å². The van der Waals surface area contributed by atoms with Crippen LogP contribution in [0.3, 0.4) is 0 Å². The molecule has 1 aliphatic heterocycles. The van der Waals surface area contributed by atoms with Crippen LogP contribution >= 0.6 is 0 Å². The van der Waals surface area contributed by atoms with Crippen LogP contribution in [-0.2, 0) is 12.1 Å². The van der Waals surface area contributed by atoms with Crippen molar-refractivity contribution >= 4 is 11.6 Å². The Kier molecular flexibility index (Phi) is 5.26. The number of carbonyl (C=O) groups is 1. The first-order chi connectivity index (χ1) is 14.1. The fourth-order valence-electron chi connectivity index (χ4n) is 3.94. The van der Waals surface area contributed by atoms with Crippen LogP contribution in [0.15, 0.2) is 78.9 Å². The largest absolute Gasteiger partial charge is 0.494 e. The Hall–Kier alpha value is -3.27. The van der Waals surface area contributed by atoms with Crippen LogP contribution in [0.1, 0.15) is 35.3 Å². The first-order valence-corrected chi connectivity index (χ1v) is 10.1. The topological polar surface area (TPSA) is 41.6 Å². The number of ether oxygens (including phenoxy) is 1. The monoisotopic (exact) mass is 386 g/mol. The lowest BCUT2D eigenvalue weighted by Gasteiger charge is -2.47. The van der Waals surface area contributed by atoms with Crippen molar-refractivity contribution in [2.45, 2.75) is 25.9 Å². The van der Waals surface area contributed by atoms with Crippen LogP contribution in [0.4, 0.5) is 5.69 Å². The maximum Gasteiger partial charge on any atom is 0.258 e. The third kappa shape index (κ3) is 3.70. The minimum atomic E-state index is -0.648. The van der Waals surface area contributed by atoms with Crippen molar-refractivity contribution in [3.8, 4) is 5.75 Å². The van der Waals surface area contributed by atoms with Gasteiger partial charge in [-0.25, -0.2) is 0 Å². The summed E-state index contributed by atoms with van der Waals surface area (Å²) < 4.78 is 5.59. The molecule has 1 aliphatic rings. The molecule has 1 unspecified atom stereocenters. The summed E-state index contributed by atoms with van der Waals surface area (Å²) in [4.78, 5) is 15.4. The molecule has 1 amide bonds. The number of nitrogens with zero attached hydrogens (tertiary/aromatic N) is 1. The van der Waals surface area contributed by atoms with Gasteiger partial charge in [0.15, 0.2) is 0 Å². The van der Waals surface area contributed by atoms with Crippen molar-refractivity contribution in [1.82, 2.24) is 4.90 Å². The van der Waals surface area contributed by atoms with Crippen LogP contribution in [0.5, 0.6) is 5.75 Å². The van der Waals surface area contributed by atoms with Crippen molar-refractivity contribution in [3.63, 3.8) is 0 Å². The number of hydrogen-bond acceptors (Lipinski definition) is 3. The first kappa shape index (κ1) is 19.1.